The molecule has 1 aliphatic rings. The van der Waals surface area contributed by atoms with Gasteiger partial charge in [0.2, 0.25) is 0 Å². The molecule has 1 saturated heterocycles. The Morgan fingerprint density at radius 3 is 2.95 bits per heavy atom. The highest BCUT2D eigenvalue weighted by atomic mass is 16.5. The van der Waals surface area contributed by atoms with Gasteiger partial charge in [0.25, 0.3) is 5.91 Å². The lowest BCUT2D eigenvalue weighted by atomic mass is 10.3. The lowest BCUT2D eigenvalue weighted by Crippen LogP contribution is -2.31. The summed E-state index contributed by atoms with van der Waals surface area (Å²) < 4.78 is 5.81. The fourth-order valence-electron chi connectivity index (χ4n) is 2.27. The van der Waals surface area contributed by atoms with E-state index in [4.69, 9.17) is 4.74 Å². The first kappa shape index (κ1) is 12.6. The molecule has 0 spiro atoms. The first-order valence-corrected chi connectivity index (χ1v) is 6.60. The molecule has 3 rings (SSSR count). The molecule has 1 amide bonds. The molecular weight excluding hydrogens is 254 g/mol. The molecular formula is C15H15N3O2. The second-order valence-electron chi connectivity index (χ2n) is 4.68. The maximum absolute atomic E-state index is 12.2. The SMILES string of the molecule is O=C(c1ccccn1)N1CCC(Oc2cccnc2)C1. The molecule has 102 valence electrons. The van der Waals surface area contributed by atoms with Crippen LogP contribution < -0.4 is 4.74 Å². The number of hydrogen-bond acceptors (Lipinski definition) is 4. The number of likely N-dealkylation sites (tertiary alicyclic amines) is 1. The summed E-state index contributed by atoms with van der Waals surface area (Å²) in [6.45, 7) is 1.28. The number of carbonyl (C=O) groups excluding carboxylic acids is 1. The van der Waals surface area contributed by atoms with Crippen LogP contribution in [0.2, 0.25) is 0 Å². The zero-order valence-electron chi connectivity index (χ0n) is 11.0. The van der Waals surface area contributed by atoms with Crippen molar-refractivity contribution < 1.29 is 9.53 Å². The van der Waals surface area contributed by atoms with Gasteiger partial charge in [-0.2, -0.15) is 0 Å². The highest BCUT2D eigenvalue weighted by Gasteiger charge is 2.28. The minimum absolute atomic E-state index is 0.0202. The van der Waals surface area contributed by atoms with Crippen LogP contribution in [0.15, 0.2) is 48.9 Å². The summed E-state index contributed by atoms with van der Waals surface area (Å²) in [7, 11) is 0. The Morgan fingerprint density at radius 2 is 2.20 bits per heavy atom. The minimum Gasteiger partial charge on any atom is -0.487 e. The molecule has 1 aliphatic heterocycles. The number of ether oxygens (including phenoxy) is 1. The normalized spacial score (nSPS) is 18.0. The molecule has 5 nitrogen and oxygen atoms in total. The van der Waals surface area contributed by atoms with Crippen molar-refractivity contribution in [2.45, 2.75) is 12.5 Å². The van der Waals surface area contributed by atoms with E-state index in [-0.39, 0.29) is 12.0 Å². The molecule has 3 heterocycles. The standard InChI is InChI=1S/C15H15N3O2/c19-15(14-5-1-2-8-17-14)18-9-6-13(11-18)20-12-4-3-7-16-10-12/h1-5,7-8,10,13H,6,9,11H2. The molecule has 0 radical (unpaired) electrons. The third-order valence-corrected chi connectivity index (χ3v) is 3.25. The first-order chi connectivity index (χ1) is 9.83. The monoisotopic (exact) mass is 269 g/mol. The Kier molecular flexibility index (Phi) is 3.58. The highest BCUT2D eigenvalue weighted by molar-refractivity contribution is 5.92. The summed E-state index contributed by atoms with van der Waals surface area (Å²) in [4.78, 5) is 22.1. The van der Waals surface area contributed by atoms with Crippen molar-refractivity contribution in [2.24, 2.45) is 0 Å². The quantitative estimate of drug-likeness (QED) is 0.852. The van der Waals surface area contributed by atoms with E-state index in [2.05, 4.69) is 9.97 Å². The van der Waals surface area contributed by atoms with Crippen LogP contribution in [-0.2, 0) is 0 Å². The van der Waals surface area contributed by atoms with Crippen LogP contribution in [0, 0.1) is 0 Å². The van der Waals surface area contributed by atoms with E-state index >= 15 is 0 Å². The van der Waals surface area contributed by atoms with Crippen molar-refractivity contribution in [1.29, 1.82) is 0 Å². The van der Waals surface area contributed by atoms with Crippen LogP contribution >= 0.6 is 0 Å². The van der Waals surface area contributed by atoms with Crippen LogP contribution in [0.25, 0.3) is 0 Å². The average molecular weight is 269 g/mol. The number of hydrogen-bond donors (Lipinski definition) is 0. The minimum atomic E-state index is -0.0390. The Balaban J connectivity index is 1.61. The van der Waals surface area contributed by atoms with E-state index in [1.165, 1.54) is 0 Å². The molecule has 1 unspecified atom stereocenters. The molecule has 20 heavy (non-hydrogen) atoms. The van der Waals surface area contributed by atoms with Gasteiger partial charge in [0.15, 0.2) is 0 Å². The molecule has 1 atom stereocenters. The van der Waals surface area contributed by atoms with Gasteiger partial charge in [-0.05, 0) is 24.3 Å². The number of carbonyl (C=O) groups is 1. The molecule has 0 bridgehead atoms. The molecule has 5 heteroatoms. The van der Waals surface area contributed by atoms with Crippen LogP contribution in [-0.4, -0.2) is 40.0 Å². The van der Waals surface area contributed by atoms with Gasteiger partial charge in [-0.1, -0.05) is 6.07 Å². The van der Waals surface area contributed by atoms with E-state index in [0.29, 0.717) is 18.8 Å². The Hall–Kier alpha value is -2.43. The van der Waals surface area contributed by atoms with Crippen molar-refractivity contribution >= 4 is 5.91 Å². The Bertz CT molecular complexity index is 574. The fraction of sp³-hybridized carbons (Fsp3) is 0.267. The molecule has 0 aliphatic carbocycles. The first-order valence-electron chi connectivity index (χ1n) is 6.60. The van der Waals surface area contributed by atoms with Gasteiger partial charge in [-0.25, -0.2) is 0 Å². The molecule has 1 fully saturated rings. The van der Waals surface area contributed by atoms with Crippen molar-refractivity contribution in [1.82, 2.24) is 14.9 Å². The molecule has 0 aromatic carbocycles. The average Bonchev–Trinajstić information content (AvgIpc) is 2.97. The lowest BCUT2D eigenvalue weighted by molar-refractivity contribution is 0.0766. The second-order valence-corrected chi connectivity index (χ2v) is 4.68. The maximum Gasteiger partial charge on any atom is 0.272 e. The van der Waals surface area contributed by atoms with Crippen molar-refractivity contribution in [3.63, 3.8) is 0 Å². The van der Waals surface area contributed by atoms with Crippen LogP contribution in [0.4, 0.5) is 0 Å². The summed E-state index contributed by atoms with van der Waals surface area (Å²) in [6.07, 6.45) is 5.87. The summed E-state index contributed by atoms with van der Waals surface area (Å²) >= 11 is 0. The molecule has 0 N–H and O–H groups in total. The zero-order chi connectivity index (χ0) is 13.8. The van der Waals surface area contributed by atoms with Gasteiger partial charge in [0, 0.05) is 25.4 Å². The smallest absolute Gasteiger partial charge is 0.272 e. The van der Waals surface area contributed by atoms with Crippen molar-refractivity contribution in [3.05, 3.63) is 54.6 Å². The predicted molar refractivity (Wildman–Crippen MR) is 73.4 cm³/mol. The van der Waals surface area contributed by atoms with Gasteiger partial charge in [0.1, 0.15) is 17.5 Å². The lowest BCUT2D eigenvalue weighted by Gasteiger charge is -2.16. The largest absolute Gasteiger partial charge is 0.487 e. The third-order valence-electron chi connectivity index (χ3n) is 3.25. The number of aromatic nitrogens is 2. The van der Waals surface area contributed by atoms with E-state index in [1.54, 1.807) is 35.6 Å². The van der Waals surface area contributed by atoms with Crippen molar-refractivity contribution in [3.8, 4) is 5.75 Å². The van der Waals surface area contributed by atoms with E-state index < -0.39 is 0 Å². The Morgan fingerprint density at radius 1 is 1.25 bits per heavy atom. The molecule has 2 aromatic heterocycles. The van der Waals surface area contributed by atoms with Crippen LogP contribution in [0.5, 0.6) is 5.75 Å². The van der Waals surface area contributed by atoms with E-state index in [1.807, 2.05) is 18.2 Å². The Labute approximate surface area is 117 Å². The number of amides is 1. The van der Waals surface area contributed by atoms with Gasteiger partial charge in [-0.3, -0.25) is 14.8 Å². The summed E-state index contributed by atoms with van der Waals surface area (Å²) in [5.41, 5.74) is 0.481. The molecule has 0 saturated carbocycles. The van der Waals surface area contributed by atoms with E-state index in [9.17, 15) is 4.79 Å². The number of nitrogens with zero attached hydrogens (tertiary/aromatic N) is 3. The number of pyridine rings is 2. The fourth-order valence-corrected chi connectivity index (χ4v) is 2.27. The number of rotatable bonds is 3. The summed E-state index contributed by atoms with van der Waals surface area (Å²) in [5.74, 6) is 0.701. The van der Waals surface area contributed by atoms with Gasteiger partial charge < -0.3 is 9.64 Å². The van der Waals surface area contributed by atoms with Crippen LogP contribution in [0.3, 0.4) is 0 Å². The molecule has 2 aromatic rings. The zero-order valence-corrected chi connectivity index (χ0v) is 11.0. The van der Waals surface area contributed by atoms with Gasteiger partial charge >= 0.3 is 0 Å². The third kappa shape index (κ3) is 2.77. The van der Waals surface area contributed by atoms with Gasteiger partial charge in [-0.15, -0.1) is 0 Å². The predicted octanol–water partition coefficient (Wildman–Crippen LogP) is 1.77. The topological polar surface area (TPSA) is 55.3 Å². The summed E-state index contributed by atoms with van der Waals surface area (Å²) in [5, 5.41) is 0. The second kappa shape index (κ2) is 5.69. The van der Waals surface area contributed by atoms with Crippen molar-refractivity contribution in [2.75, 3.05) is 13.1 Å². The van der Waals surface area contributed by atoms with Crippen LogP contribution in [0.1, 0.15) is 16.9 Å². The van der Waals surface area contributed by atoms with E-state index in [0.717, 1.165) is 12.2 Å². The van der Waals surface area contributed by atoms with Gasteiger partial charge in [0.05, 0.1) is 12.7 Å². The summed E-state index contributed by atoms with van der Waals surface area (Å²) in [6, 6.07) is 9.06. The maximum atomic E-state index is 12.2. The highest BCUT2D eigenvalue weighted by Crippen LogP contribution is 2.18.